The van der Waals surface area contributed by atoms with Crippen molar-refractivity contribution in [1.29, 1.82) is 0 Å². The second-order valence-corrected chi connectivity index (χ2v) is 8.38. The minimum absolute atomic E-state index is 0.0111. The Labute approximate surface area is 218 Å². The van der Waals surface area contributed by atoms with Crippen molar-refractivity contribution in [2.75, 3.05) is 20.8 Å². The summed E-state index contributed by atoms with van der Waals surface area (Å²) in [5.41, 5.74) is 2.14. The number of hydrogen-bond donors (Lipinski definition) is 0. The van der Waals surface area contributed by atoms with E-state index in [1.807, 2.05) is 43.3 Å². The summed E-state index contributed by atoms with van der Waals surface area (Å²) in [5.74, 6) is 0.768. The predicted molar refractivity (Wildman–Crippen MR) is 143 cm³/mol. The Hall–Kier alpha value is -4.92. The summed E-state index contributed by atoms with van der Waals surface area (Å²) in [6, 6.07) is 23.9. The van der Waals surface area contributed by atoms with E-state index in [2.05, 4.69) is 4.98 Å². The fraction of sp³-hybridized carbons (Fsp3) is 0.172. The van der Waals surface area contributed by atoms with Crippen molar-refractivity contribution in [2.45, 2.75) is 13.5 Å². The van der Waals surface area contributed by atoms with Crippen LogP contribution in [0, 0.1) is 0 Å². The first kappa shape index (κ1) is 24.8. The van der Waals surface area contributed by atoms with Gasteiger partial charge in [0.15, 0.2) is 17.2 Å². The fourth-order valence-electron chi connectivity index (χ4n) is 4.33. The number of fused-ring (bicyclic) bond motifs is 1. The summed E-state index contributed by atoms with van der Waals surface area (Å²) in [6.07, 6.45) is 0. The third-order valence-corrected chi connectivity index (χ3v) is 6.08. The van der Waals surface area contributed by atoms with Crippen molar-refractivity contribution < 1.29 is 19.0 Å². The first-order valence-corrected chi connectivity index (χ1v) is 12.1. The molecule has 2 aromatic heterocycles. The van der Waals surface area contributed by atoms with Crippen molar-refractivity contribution in [3.05, 3.63) is 101 Å². The van der Waals surface area contributed by atoms with Crippen LogP contribution < -0.4 is 15.2 Å². The zero-order valence-corrected chi connectivity index (χ0v) is 21.2. The van der Waals surface area contributed by atoms with Crippen LogP contribution >= 0.6 is 0 Å². The van der Waals surface area contributed by atoms with Gasteiger partial charge in [-0.1, -0.05) is 42.5 Å². The molecule has 3 aromatic carbocycles. The van der Waals surface area contributed by atoms with E-state index >= 15 is 0 Å². The van der Waals surface area contributed by atoms with Crippen LogP contribution in [0.4, 0.5) is 0 Å². The highest BCUT2D eigenvalue weighted by molar-refractivity contribution is 6.00. The molecule has 0 aliphatic rings. The Kier molecular flexibility index (Phi) is 6.90. The van der Waals surface area contributed by atoms with Gasteiger partial charge in [0.25, 0.3) is 0 Å². The number of rotatable bonds is 8. The van der Waals surface area contributed by atoms with Crippen LogP contribution in [0.25, 0.3) is 28.2 Å². The SMILES string of the molecule is CCOc1ccc(-c2nc(C(=O)OC)c3c(n2)n(-c2ccccc2OC)c(=O)n3Cc2ccccc2)cc1. The van der Waals surface area contributed by atoms with Gasteiger partial charge in [-0.2, -0.15) is 0 Å². The number of nitrogens with zero attached hydrogens (tertiary/aromatic N) is 4. The van der Waals surface area contributed by atoms with Crippen molar-refractivity contribution in [3.8, 4) is 28.6 Å². The maximum atomic E-state index is 14.0. The number of hydrogen-bond acceptors (Lipinski definition) is 7. The van der Waals surface area contributed by atoms with Gasteiger partial charge in [-0.25, -0.2) is 24.1 Å². The normalized spacial score (nSPS) is 10.9. The van der Waals surface area contributed by atoms with Gasteiger partial charge in [0.05, 0.1) is 33.1 Å². The third-order valence-electron chi connectivity index (χ3n) is 6.08. The van der Waals surface area contributed by atoms with Gasteiger partial charge in [0.1, 0.15) is 17.0 Å². The molecular weight excluding hydrogens is 484 g/mol. The zero-order valence-electron chi connectivity index (χ0n) is 21.2. The van der Waals surface area contributed by atoms with Crippen molar-refractivity contribution in [1.82, 2.24) is 19.1 Å². The summed E-state index contributed by atoms with van der Waals surface area (Å²) >= 11 is 0. The third kappa shape index (κ3) is 4.50. The molecule has 192 valence electrons. The Morgan fingerprint density at radius 3 is 2.29 bits per heavy atom. The summed E-state index contributed by atoms with van der Waals surface area (Å²) in [6.45, 7) is 2.65. The first-order valence-electron chi connectivity index (χ1n) is 12.1. The monoisotopic (exact) mass is 510 g/mol. The lowest BCUT2D eigenvalue weighted by molar-refractivity contribution is 0.0596. The molecule has 0 bridgehead atoms. The van der Waals surface area contributed by atoms with E-state index in [1.54, 1.807) is 42.5 Å². The number of esters is 1. The van der Waals surface area contributed by atoms with Crippen LogP contribution in [0.2, 0.25) is 0 Å². The summed E-state index contributed by atoms with van der Waals surface area (Å²) < 4.78 is 19.1. The maximum Gasteiger partial charge on any atom is 0.359 e. The number of carbonyl (C=O) groups is 1. The molecule has 38 heavy (non-hydrogen) atoms. The molecule has 5 aromatic rings. The Balaban J connectivity index is 1.84. The molecule has 5 rings (SSSR count). The van der Waals surface area contributed by atoms with E-state index in [9.17, 15) is 9.59 Å². The van der Waals surface area contributed by atoms with Crippen molar-refractivity contribution in [2.24, 2.45) is 0 Å². The number of methoxy groups -OCH3 is 2. The summed E-state index contributed by atoms with van der Waals surface area (Å²) in [5, 5.41) is 0. The molecule has 0 unspecified atom stereocenters. The van der Waals surface area contributed by atoms with E-state index in [4.69, 9.17) is 19.2 Å². The molecule has 9 nitrogen and oxygen atoms in total. The van der Waals surface area contributed by atoms with Crippen LogP contribution in [0.3, 0.4) is 0 Å². The number of ether oxygens (including phenoxy) is 3. The quantitative estimate of drug-likeness (QED) is 0.284. The molecule has 0 atom stereocenters. The Morgan fingerprint density at radius 1 is 0.895 bits per heavy atom. The van der Waals surface area contributed by atoms with E-state index < -0.39 is 11.7 Å². The lowest BCUT2D eigenvalue weighted by Crippen LogP contribution is -2.24. The number of carbonyl (C=O) groups excluding carboxylic acids is 1. The molecule has 9 heteroatoms. The average Bonchev–Trinajstić information content (AvgIpc) is 3.23. The lowest BCUT2D eigenvalue weighted by atomic mass is 10.2. The standard InChI is InChI=1S/C29H26N4O5/c1-4-38-21-16-14-20(15-17-21)26-30-24(28(34)37-3)25-27(31-26)33(22-12-8-9-13-23(22)36-2)29(35)32(25)18-19-10-6-5-7-11-19/h5-17H,4,18H2,1-3H3. The second kappa shape index (κ2) is 10.6. The molecule has 0 saturated heterocycles. The minimum Gasteiger partial charge on any atom is -0.495 e. The molecule has 2 heterocycles. The molecule has 0 spiro atoms. The van der Waals surface area contributed by atoms with Gasteiger partial charge in [-0.05, 0) is 48.9 Å². The van der Waals surface area contributed by atoms with E-state index in [0.29, 0.717) is 29.4 Å². The molecule has 0 radical (unpaired) electrons. The Bertz CT molecular complexity index is 1660. The number of imidazole rings is 1. The van der Waals surface area contributed by atoms with Crippen LogP contribution in [0.5, 0.6) is 11.5 Å². The molecular formula is C29H26N4O5. The second-order valence-electron chi connectivity index (χ2n) is 8.38. The minimum atomic E-state index is -0.677. The highest BCUT2D eigenvalue weighted by atomic mass is 16.5. The van der Waals surface area contributed by atoms with Gasteiger partial charge in [-0.15, -0.1) is 0 Å². The molecule has 0 amide bonds. The van der Waals surface area contributed by atoms with Gasteiger partial charge in [0.2, 0.25) is 0 Å². The van der Waals surface area contributed by atoms with E-state index in [1.165, 1.54) is 23.4 Å². The van der Waals surface area contributed by atoms with Crippen LogP contribution in [-0.2, 0) is 11.3 Å². The lowest BCUT2D eigenvalue weighted by Gasteiger charge is -2.10. The average molecular weight is 511 g/mol. The molecule has 0 fully saturated rings. The fourth-order valence-corrected chi connectivity index (χ4v) is 4.33. The number of para-hydroxylation sites is 2. The highest BCUT2D eigenvalue weighted by Gasteiger charge is 2.27. The summed E-state index contributed by atoms with van der Waals surface area (Å²) in [4.78, 5) is 36.5. The number of benzene rings is 3. The van der Waals surface area contributed by atoms with E-state index in [0.717, 1.165) is 5.56 Å². The zero-order chi connectivity index (χ0) is 26.6. The Morgan fingerprint density at radius 2 is 1.61 bits per heavy atom. The van der Waals surface area contributed by atoms with E-state index in [-0.39, 0.29) is 29.2 Å². The maximum absolute atomic E-state index is 14.0. The molecule has 0 aliphatic carbocycles. The van der Waals surface area contributed by atoms with Gasteiger partial charge in [0, 0.05) is 5.56 Å². The van der Waals surface area contributed by atoms with Crippen LogP contribution in [0.15, 0.2) is 83.7 Å². The largest absolute Gasteiger partial charge is 0.495 e. The highest BCUT2D eigenvalue weighted by Crippen LogP contribution is 2.29. The van der Waals surface area contributed by atoms with Gasteiger partial charge >= 0.3 is 11.7 Å². The van der Waals surface area contributed by atoms with Crippen LogP contribution in [0.1, 0.15) is 23.0 Å². The van der Waals surface area contributed by atoms with Crippen molar-refractivity contribution in [3.63, 3.8) is 0 Å². The predicted octanol–water partition coefficient (Wildman–Crippen LogP) is 4.49. The summed E-state index contributed by atoms with van der Waals surface area (Å²) in [7, 11) is 2.82. The molecule has 0 saturated carbocycles. The smallest absolute Gasteiger partial charge is 0.359 e. The topological polar surface area (TPSA) is 97.5 Å². The van der Waals surface area contributed by atoms with Crippen LogP contribution in [-0.4, -0.2) is 45.9 Å². The first-order chi connectivity index (χ1) is 18.5. The van der Waals surface area contributed by atoms with Crippen molar-refractivity contribution >= 4 is 17.1 Å². The number of aromatic nitrogens is 4. The molecule has 0 N–H and O–H groups in total. The molecule has 0 aliphatic heterocycles. The van der Waals surface area contributed by atoms with Gasteiger partial charge < -0.3 is 14.2 Å². The van der Waals surface area contributed by atoms with Gasteiger partial charge in [-0.3, -0.25) is 4.57 Å².